The van der Waals surface area contributed by atoms with Gasteiger partial charge >= 0.3 is 6.18 Å². The van der Waals surface area contributed by atoms with Gasteiger partial charge in [-0.05, 0) is 44.8 Å². The predicted octanol–water partition coefficient (Wildman–Crippen LogP) is 3.89. The third kappa shape index (κ3) is 3.49. The molecule has 0 aliphatic carbocycles. The zero-order valence-electron chi connectivity index (χ0n) is 10.3. The van der Waals surface area contributed by atoms with E-state index in [1.165, 1.54) is 6.20 Å². The number of hydrogen-bond acceptors (Lipinski definition) is 5. The SMILES string of the molecule is CC(C(=O)C(F)(F)F)c1nc(-c2ncc(Br)cc2Br)no1. The fraction of sp³-hybridized carbons (Fsp3) is 0.273. The highest BCUT2D eigenvalue weighted by atomic mass is 79.9. The number of carbonyl (C=O) groups is 1. The summed E-state index contributed by atoms with van der Waals surface area (Å²) >= 11 is 6.44. The molecule has 112 valence electrons. The molecule has 1 atom stereocenters. The predicted molar refractivity (Wildman–Crippen MR) is 72.4 cm³/mol. The molecule has 2 rings (SSSR count). The number of alkyl halides is 3. The third-order valence-electron chi connectivity index (χ3n) is 2.50. The summed E-state index contributed by atoms with van der Waals surface area (Å²) < 4.78 is 43.0. The van der Waals surface area contributed by atoms with Crippen LogP contribution in [0, 0.1) is 0 Å². The standard InChI is InChI=1S/C11H6Br2F3N3O2/c1-4(8(20)11(14,15)16)10-18-9(19-21-10)7-6(13)2-5(12)3-17-7/h2-4H,1H3. The minimum Gasteiger partial charge on any atom is -0.338 e. The van der Waals surface area contributed by atoms with Crippen LogP contribution in [0.5, 0.6) is 0 Å². The molecule has 5 nitrogen and oxygen atoms in total. The van der Waals surface area contributed by atoms with E-state index in [0.29, 0.717) is 14.6 Å². The van der Waals surface area contributed by atoms with Crippen LogP contribution in [0.15, 0.2) is 25.7 Å². The number of ketones is 1. The zero-order valence-corrected chi connectivity index (χ0v) is 13.5. The lowest BCUT2D eigenvalue weighted by atomic mass is 10.1. The van der Waals surface area contributed by atoms with Crippen molar-refractivity contribution in [2.75, 3.05) is 0 Å². The maximum atomic E-state index is 12.4. The molecule has 2 aromatic heterocycles. The first kappa shape index (κ1) is 16.1. The first-order valence-electron chi connectivity index (χ1n) is 5.46. The highest BCUT2D eigenvalue weighted by Crippen LogP contribution is 2.30. The summed E-state index contributed by atoms with van der Waals surface area (Å²) in [7, 11) is 0. The molecule has 21 heavy (non-hydrogen) atoms. The first-order valence-corrected chi connectivity index (χ1v) is 7.05. The fourth-order valence-electron chi connectivity index (χ4n) is 1.44. The van der Waals surface area contributed by atoms with Crippen molar-refractivity contribution in [2.45, 2.75) is 19.0 Å². The molecule has 0 spiro atoms. The van der Waals surface area contributed by atoms with Crippen LogP contribution in [0.1, 0.15) is 18.7 Å². The fourth-order valence-corrected chi connectivity index (χ4v) is 2.61. The quantitative estimate of drug-likeness (QED) is 0.741. The van der Waals surface area contributed by atoms with Crippen molar-refractivity contribution in [3.8, 4) is 11.5 Å². The van der Waals surface area contributed by atoms with Crippen molar-refractivity contribution in [3.63, 3.8) is 0 Å². The van der Waals surface area contributed by atoms with Gasteiger partial charge in [0.2, 0.25) is 17.5 Å². The van der Waals surface area contributed by atoms with Gasteiger partial charge in [-0.15, -0.1) is 0 Å². The number of nitrogens with zero attached hydrogens (tertiary/aromatic N) is 3. The van der Waals surface area contributed by atoms with E-state index in [4.69, 9.17) is 4.52 Å². The van der Waals surface area contributed by atoms with Gasteiger partial charge < -0.3 is 4.52 Å². The van der Waals surface area contributed by atoms with Crippen molar-refractivity contribution in [2.24, 2.45) is 0 Å². The molecule has 0 aliphatic rings. The van der Waals surface area contributed by atoms with E-state index in [0.717, 1.165) is 6.92 Å². The molecule has 0 N–H and O–H groups in total. The monoisotopic (exact) mass is 427 g/mol. The normalized spacial score (nSPS) is 13.2. The molecule has 0 radical (unpaired) electrons. The van der Waals surface area contributed by atoms with Crippen molar-refractivity contribution in [3.05, 3.63) is 27.1 Å². The average Bonchev–Trinajstić information content (AvgIpc) is 2.85. The Labute approximate surface area is 133 Å². The van der Waals surface area contributed by atoms with E-state index in [1.54, 1.807) is 6.07 Å². The zero-order chi connectivity index (χ0) is 15.8. The molecule has 0 saturated heterocycles. The summed E-state index contributed by atoms with van der Waals surface area (Å²) in [6, 6.07) is 1.67. The van der Waals surface area contributed by atoms with Gasteiger partial charge in [0.05, 0.1) is 0 Å². The number of halogens is 5. The Morgan fingerprint density at radius 1 is 1.38 bits per heavy atom. The second kappa shape index (κ2) is 5.84. The maximum Gasteiger partial charge on any atom is 0.450 e. The number of carbonyl (C=O) groups excluding carboxylic acids is 1. The lowest BCUT2D eigenvalue weighted by Crippen LogP contribution is -2.27. The summed E-state index contributed by atoms with van der Waals surface area (Å²) in [5.41, 5.74) is 0.292. The van der Waals surface area contributed by atoms with Gasteiger partial charge in [0, 0.05) is 15.1 Å². The van der Waals surface area contributed by atoms with Crippen molar-refractivity contribution in [1.82, 2.24) is 15.1 Å². The second-order valence-corrected chi connectivity index (χ2v) is 5.79. The van der Waals surface area contributed by atoms with Gasteiger partial charge in [0.1, 0.15) is 11.6 Å². The Hall–Kier alpha value is -1.29. The van der Waals surface area contributed by atoms with Gasteiger partial charge in [0.25, 0.3) is 0 Å². The molecule has 0 amide bonds. The van der Waals surface area contributed by atoms with Crippen molar-refractivity contribution in [1.29, 1.82) is 0 Å². The Morgan fingerprint density at radius 2 is 2.05 bits per heavy atom. The molecule has 0 fully saturated rings. The molecule has 10 heteroatoms. The van der Waals surface area contributed by atoms with Gasteiger partial charge in [-0.25, -0.2) is 0 Å². The van der Waals surface area contributed by atoms with Crippen LogP contribution in [0.2, 0.25) is 0 Å². The van der Waals surface area contributed by atoms with Gasteiger partial charge in [-0.2, -0.15) is 18.2 Å². The Morgan fingerprint density at radius 3 is 2.62 bits per heavy atom. The molecule has 0 aromatic carbocycles. The van der Waals surface area contributed by atoms with Crippen LogP contribution < -0.4 is 0 Å². The number of rotatable bonds is 3. The topological polar surface area (TPSA) is 68.9 Å². The molecule has 0 saturated carbocycles. The lowest BCUT2D eigenvalue weighted by molar-refractivity contribution is -0.172. The lowest BCUT2D eigenvalue weighted by Gasteiger charge is -2.08. The summed E-state index contributed by atoms with van der Waals surface area (Å²) in [5, 5.41) is 3.55. The highest BCUT2D eigenvalue weighted by Gasteiger charge is 2.44. The molecule has 1 unspecified atom stereocenters. The maximum absolute atomic E-state index is 12.4. The van der Waals surface area contributed by atoms with Crippen LogP contribution in [-0.4, -0.2) is 27.1 Å². The highest BCUT2D eigenvalue weighted by molar-refractivity contribution is 9.11. The minimum atomic E-state index is -4.95. The average molecular weight is 429 g/mol. The molecule has 2 heterocycles. The number of hydrogen-bond donors (Lipinski definition) is 0. The Balaban J connectivity index is 2.32. The molecular formula is C11H6Br2F3N3O2. The Kier molecular flexibility index (Phi) is 4.47. The largest absolute Gasteiger partial charge is 0.450 e. The molecular weight excluding hydrogens is 423 g/mol. The van der Waals surface area contributed by atoms with Crippen LogP contribution in [-0.2, 0) is 4.79 Å². The van der Waals surface area contributed by atoms with Gasteiger partial charge in [0.15, 0.2) is 0 Å². The molecule has 0 bridgehead atoms. The molecule has 0 aliphatic heterocycles. The van der Waals surface area contributed by atoms with E-state index in [-0.39, 0.29) is 5.82 Å². The summed E-state index contributed by atoms with van der Waals surface area (Å²) in [4.78, 5) is 19.0. The van der Waals surface area contributed by atoms with Crippen molar-refractivity contribution >= 4 is 37.6 Å². The van der Waals surface area contributed by atoms with E-state index >= 15 is 0 Å². The van der Waals surface area contributed by atoms with E-state index in [1.807, 2.05) is 0 Å². The number of pyridine rings is 1. The van der Waals surface area contributed by atoms with Crippen LogP contribution in [0.25, 0.3) is 11.5 Å². The van der Waals surface area contributed by atoms with Gasteiger partial charge in [-0.3, -0.25) is 9.78 Å². The van der Waals surface area contributed by atoms with E-state index in [2.05, 4.69) is 47.0 Å². The number of Topliss-reactive ketones (excluding diaryl/α,β-unsaturated/α-hetero) is 1. The summed E-state index contributed by atoms with van der Waals surface area (Å²) in [5.74, 6) is -3.93. The van der Waals surface area contributed by atoms with E-state index in [9.17, 15) is 18.0 Å². The second-order valence-electron chi connectivity index (χ2n) is 4.02. The smallest absolute Gasteiger partial charge is 0.338 e. The first-order chi connectivity index (χ1) is 9.70. The van der Waals surface area contributed by atoms with Gasteiger partial charge in [-0.1, -0.05) is 5.16 Å². The van der Waals surface area contributed by atoms with Crippen LogP contribution in [0.3, 0.4) is 0 Å². The van der Waals surface area contributed by atoms with Crippen LogP contribution >= 0.6 is 31.9 Å². The number of aromatic nitrogens is 3. The van der Waals surface area contributed by atoms with E-state index < -0.39 is 23.8 Å². The minimum absolute atomic E-state index is 0.00815. The molecule has 2 aromatic rings. The third-order valence-corrected chi connectivity index (χ3v) is 3.54. The van der Waals surface area contributed by atoms with Crippen molar-refractivity contribution < 1.29 is 22.5 Å². The summed E-state index contributed by atoms with van der Waals surface area (Å²) in [6.07, 6.45) is -3.48. The summed E-state index contributed by atoms with van der Waals surface area (Å²) in [6.45, 7) is 1.05. The Bertz CT molecular complexity index is 688. The van der Waals surface area contributed by atoms with Crippen LogP contribution in [0.4, 0.5) is 13.2 Å².